The first-order valence-corrected chi connectivity index (χ1v) is 12.3. The number of hydrogen-bond donors (Lipinski definition) is 1. The summed E-state index contributed by atoms with van der Waals surface area (Å²) in [5.74, 6) is -0.561. The third kappa shape index (κ3) is 5.30. The fourth-order valence-corrected chi connectivity index (χ4v) is 5.05. The number of nitrogens with zero attached hydrogens (tertiary/aromatic N) is 2. The molecule has 4 aromatic rings. The summed E-state index contributed by atoms with van der Waals surface area (Å²) in [4.78, 5) is 12.8. The lowest BCUT2D eigenvalue weighted by atomic mass is 10.1. The summed E-state index contributed by atoms with van der Waals surface area (Å²) in [7, 11) is -3.96. The lowest BCUT2D eigenvalue weighted by Crippen LogP contribution is -2.39. The number of nitrogens with one attached hydrogen (secondary N) is 1. The van der Waals surface area contributed by atoms with Gasteiger partial charge in [0.1, 0.15) is 6.54 Å². The average molecular weight is 522 g/mol. The Morgan fingerprint density at radius 3 is 2.30 bits per heavy atom. The molecule has 1 amide bonds. The summed E-state index contributed by atoms with van der Waals surface area (Å²) in [5.41, 5.74) is 3.66. The zero-order valence-electron chi connectivity index (χ0n) is 17.4. The molecular formula is C25H20BrN3O3S. The third-order valence-corrected chi connectivity index (χ3v) is 7.27. The van der Waals surface area contributed by atoms with Gasteiger partial charge in [-0.25, -0.2) is 13.8 Å². The molecule has 0 saturated carbocycles. The van der Waals surface area contributed by atoms with Crippen molar-refractivity contribution >= 4 is 54.5 Å². The van der Waals surface area contributed by atoms with Crippen LogP contribution < -0.4 is 9.73 Å². The van der Waals surface area contributed by atoms with Crippen LogP contribution in [0.3, 0.4) is 0 Å². The van der Waals surface area contributed by atoms with E-state index in [2.05, 4.69) is 26.5 Å². The Kier molecular flexibility index (Phi) is 6.86. The van der Waals surface area contributed by atoms with Crippen molar-refractivity contribution in [2.24, 2.45) is 5.10 Å². The number of halogens is 1. The minimum atomic E-state index is -3.96. The Morgan fingerprint density at radius 2 is 1.55 bits per heavy atom. The summed E-state index contributed by atoms with van der Waals surface area (Å²) in [6, 6.07) is 28.4. The number of hydrogen-bond acceptors (Lipinski definition) is 4. The van der Waals surface area contributed by atoms with Crippen LogP contribution in [-0.2, 0) is 14.8 Å². The zero-order valence-corrected chi connectivity index (χ0v) is 19.8. The van der Waals surface area contributed by atoms with Crippen molar-refractivity contribution in [1.82, 2.24) is 5.43 Å². The molecule has 0 aliphatic heterocycles. The molecule has 33 heavy (non-hydrogen) atoms. The SMILES string of the molecule is O=C(CN(c1ccc(Br)cc1)S(=O)(=O)c1ccccc1)N/N=C\c1cccc2ccccc12. The number of carbonyl (C=O) groups excluding carboxylic acids is 1. The van der Waals surface area contributed by atoms with Gasteiger partial charge in [0.05, 0.1) is 16.8 Å². The molecule has 166 valence electrons. The summed E-state index contributed by atoms with van der Waals surface area (Å²) in [5, 5.41) is 6.11. The molecule has 0 unspecified atom stereocenters. The molecule has 0 radical (unpaired) electrons. The van der Waals surface area contributed by atoms with Crippen LogP contribution in [0.25, 0.3) is 10.8 Å². The number of amides is 1. The van der Waals surface area contributed by atoms with Gasteiger partial charge in [-0.3, -0.25) is 9.10 Å². The molecule has 6 nitrogen and oxygen atoms in total. The van der Waals surface area contributed by atoms with Crippen LogP contribution in [0, 0.1) is 0 Å². The van der Waals surface area contributed by atoms with Gasteiger partial charge in [-0.2, -0.15) is 5.10 Å². The number of rotatable bonds is 7. The van der Waals surface area contributed by atoms with Crippen LogP contribution in [0.1, 0.15) is 5.56 Å². The van der Waals surface area contributed by atoms with E-state index in [4.69, 9.17) is 0 Å². The van der Waals surface area contributed by atoms with Crippen LogP contribution in [0.4, 0.5) is 5.69 Å². The minimum absolute atomic E-state index is 0.0972. The Balaban J connectivity index is 1.56. The van der Waals surface area contributed by atoms with E-state index in [0.717, 1.165) is 25.1 Å². The van der Waals surface area contributed by atoms with Gasteiger partial charge in [0.15, 0.2) is 0 Å². The van der Waals surface area contributed by atoms with Gasteiger partial charge >= 0.3 is 0 Å². The molecule has 0 fully saturated rings. The molecule has 4 rings (SSSR count). The predicted molar refractivity (Wildman–Crippen MR) is 135 cm³/mol. The molecular weight excluding hydrogens is 502 g/mol. The summed E-state index contributed by atoms with van der Waals surface area (Å²) in [6.45, 7) is -0.425. The topological polar surface area (TPSA) is 78.8 Å². The molecule has 0 saturated heterocycles. The summed E-state index contributed by atoms with van der Waals surface area (Å²) >= 11 is 3.35. The van der Waals surface area contributed by atoms with E-state index in [1.165, 1.54) is 12.1 Å². The van der Waals surface area contributed by atoms with Crippen molar-refractivity contribution in [1.29, 1.82) is 0 Å². The second kappa shape index (κ2) is 9.97. The largest absolute Gasteiger partial charge is 0.271 e. The van der Waals surface area contributed by atoms with Gasteiger partial charge < -0.3 is 0 Å². The third-order valence-electron chi connectivity index (χ3n) is 4.95. The second-order valence-corrected chi connectivity index (χ2v) is 9.94. The first kappa shape index (κ1) is 22.7. The van der Waals surface area contributed by atoms with E-state index in [-0.39, 0.29) is 4.90 Å². The highest BCUT2D eigenvalue weighted by atomic mass is 79.9. The molecule has 1 N–H and O–H groups in total. The highest BCUT2D eigenvalue weighted by Crippen LogP contribution is 2.25. The van der Waals surface area contributed by atoms with Crippen molar-refractivity contribution in [3.8, 4) is 0 Å². The number of carbonyl (C=O) groups is 1. The number of anilines is 1. The lowest BCUT2D eigenvalue weighted by molar-refractivity contribution is -0.119. The van der Waals surface area contributed by atoms with Crippen LogP contribution >= 0.6 is 15.9 Å². The Bertz CT molecular complexity index is 1400. The smallest absolute Gasteiger partial charge is 0.264 e. The zero-order chi connectivity index (χ0) is 23.3. The van der Waals surface area contributed by atoms with Gasteiger partial charge in [0.25, 0.3) is 15.9 Å². The number of fused-ring (bicyclic) bond motifs is 1. The van der Waals surface area contributed by atoms with E-state index >= 15 is 0 Å². The normalized spacial score (nSPS) is 11.5. The molecule has 0 aliphatic rings. The number of hydrazone groups is 1. The Labute approximate surface area is 200 Å². The van der Waals surface area contributed by atoms with Gasteiger partial charge in [0.2, 0.25) is 0 Å². The lowest BCUT2D eigenvalue weighted by Gasteiger charge is -2.23. The van der Waals surface area contributed by atoms with Crippen LogP contribution in [-0.4, -0.2) is 27.1 Å². The van der Waals surface area contributed by atoms with Gasteiger partial charge in [-0.1, -0.05) is 76.6 Å². The van der Waals surface area contributed by atoms with E-state index in [9.17, 15) is 13.2 Å². The van der Waals surface area contributed by atoms with E-state index in [1.807, 2.05) is 42.5 Å². The number of sulfonamides is 1. The van der Waals surface area contributed by atoms with Crippen molar-refractivity contribution in [3.05, 3.63) is 107 Å². The minimum Gasteiger partial charge on any atom is -0.271 e. The van der Waals surface area contributed by atoms with E-state index < -0.39 is 22.5 Å². The van der Waals surface area contributed by atoms with Crippen molar-refractivity contribution in [3.63, 3.8) is 0 Å². The van der Waals surface area contributed by atoms with Gasteiger partial charge in [0, 0.05) is 10.0 Å². The highest BCUT2D eigenvalue weighted by molar-refractivity contribution is 9.10. The van der Waals surface area contributed by atoms with Crippen LogP contribution in [0.15, 0.2) is 112 Å². The van der Waals surface area contributed by atoms with E-state index in [0.29, 0.717) is 5.69 Å². The Morgan fingerprint density at radius 1 is 0.879 bits per heavy atom. The maximum absolute atomic E-state index is 13.3. The van der Waals surface area contributed by atoms with Crippen LogP contribution in [0.2, 0.25) is 0 Å². The summed E-state index contributed by atoms with van der Waals surface area (Å²) in [6.07, 6.45) is 1.55. The van der Waals surface area contributed by atoms with E-state index in [1.54, 1.807) is 48.7 Å². The van der Waals surface area contributed by atoms with Gasteiger partial charge in [-0.15, -0.1) is 0 Å². The molecule has 4 aromatic carbocycles. The quantitative estimate of drug-likeness (QED) is 0.276. The molecule has 0 spiro atoms. The second-order valence-electron chi connectivity index (χ2n) is 7.16. The average Bonchev–Trinajstić information content (AvgIpc) is 2.84. The molecule has 0 atom stereocenters. The first-order chi connectivity index (χ1) is 15.9. The standard InChI is InChI=1S/C25H20BrN3O3S/c26-21-13-15-22(16-14-21)29(33(31,32)23-10-2-1-3-11-23)18-25(30)28-27-17-20-9-6-8-19-7-4-5-12-24(19)20/h1-17H,18H2,(H,28,30)/b27-17-. The fourth-order valence-electron chi connectivity index (χ4n) is 3.34. The number of benzene rings is 4. The fraction of sp³-hybridized carbons (Fsp3) is 0.0400. The summed E-state index contributed by atoms with van der Waals surface area (Å²) < 4.78 is 28.4. The predicted octanol–water partition coefficient (Wildman–Crippen LogP) is 4.95. The monoisotopic (exact) mass is 521 g/mol. The van der Waals surface area contributed by atoms with Gasteiger partial charge in [-0.05, 0) is 47.2 Å². The molecule has 0 aliphatic carbocycles. The van der Waals surface area contributed by atoms with Crippen molar-refractivity contribution in [2.45, 2.75) is 4.90 Å². The molecule has 0 bridgehead atoms. The Hall–Kier alpha value is -3.49. The van der Waals surface area contributed by atoms with Crippen molar-refractivity contribution in [2.75, 3.05) is 10.8 Å². The first-order valence-electron chi connectivity index (χ1n) is 10.1. The highest BCUT2D eigenvalue weighted by Gasteiger charge is 2.27. The van der Waals surface area contributed by atoms with Crippen molar-refractivity contribution < 1.29 is 13.2 Å². The molecule has 8 heteroatoms. The molecule has 0 aromatic heterocycles. The maximum atomic E-state index is 13.3. The molecule has 0 heterocycles. The maximum Gasteiger partial charge on any atom is 0.264 e. The van der Waals surface area contributed by atoms with Crippen LogP contribution in [0.5, 0.6) is 0 Å².